The number of halogens is 1. The molecule has 0 aliphatic rings. The molecule has 0 aliphatic carbocycles. The van der Waals surface area contributed by atoms with Crippen molar-refractivity contribution in [2.75, 3.05) is 4.90 Å². The predicted molar refractivity (Wildman–Crippen MR) is 238 cm³/mol. The maximum absolute atomic E-state index is 15.5. The molecule has 2 heterocycles. The van der Waals surface area contributed by atoms with Crippen LogP contribution in [0.4, 0.5) is 21.5 Å². The molecule has 0 fully saturated rings. The molecule has 0 spiro atoms. The van der Waals surface area contributed by atoms with Crippen molar-refractivity contribution in [1.29, 1.82) is 0 Å². The number of aromatic nitrogens is 1. The molecule has 2 nitrogen and oxygen atoms in total. The lowest BCUT2D eigenvalue weighted by molar-refractivity contribution is 0.590. The Morgan fingerprint density at radius 2 is 1.09 bits per heavy atom. The van der Waals surface area contributed by atoms with Crippen LogP contribution in [0.2, 0.25) is 0 Å². The fourth-order valence-electron chi connectivity index (χ4n) is 8.19. The Balaban J connectivity index is 1.03. The number of thiophene rings is 1. The minimum absolute atomic E-state index is 0.0554. The topological polar surface area (TPSA) is 8.17 Å². The van der Waals surface area contributed by atoms with Gasteiger partial charge >= 0.3 is 0 Å². The first-order valence-corrected chi connectivity index (χ1v) is 19.9. The Labute approximate surface area is 330 Å². The van der Waals surface area contributed by atoms with Crippen LogP contribution in [-0.2, 0) is 5.41 Å². The van der Waals surface area contributed by atoms with Gasteiger partial charge in [0.2, 0.25) is 0 Å². The number of fused-ring (bicyclic) bond motifs is 6. The Kier molecular flexibility index (Phi) is 8.12. The number of hydrogen-bond acceptors (Lipinski definition) is 2. The monoisotopic (exact) mass is 742 g/mol. The van der Waals surface area contributed by atoms with Crippen LogP contribution in [-0.4, -0.2) is 4.57 Å². The van der Waals surface area contributed by atoms with E-state index in [9.17, 15) is 0 Å². The molecule has 0 unspecified atom stereocenters. The molecule has 0 aliphatic heterocycles. The predicted octanol–water partition coefficient (Wildman–Crippen LogP) is 15.4. The van der Waals surface area contributed by atoms with Crippen LogP contribution in [0.1, 0.15) is 26.3 Å². The zero-order valence-corrected chi connectivity index (χ0v) is 32.3. The molecule has 0 amide bonds. The minimum Gasteiger partial charge on any atom is -0.311 e. The van der Waals surface area contributed by atoms with Gasteiger partial charge in [-0.3, -0.25) is 0 Å². The van der Waals surface area contributed by atoms with Crippen molar-refractivity contribution in [3.05, 3.63) is 193 Å². The minimum atomic E-state index is -0.228. The third-order valence-corrected chi connectivity index (χ3v) is 12.3. The Bertz CT molecular complexity index is 3050. The summed E-state index contributed by atoms with van der Waals surface area (Å²) in [7, 11) is 0. The van der Waals surface area contributed by atoms with Crippen LogP contribution in [0.3, 0.4) is 0 Å². The zero-order chi connectivity index (χ0) is 38.0. The highest BCUT2D eigenvalue weighted by molar-refractivity contribution is 7.26. The summed E-state index contributed by atoms with van der Waals surface area (Å²) in [5, 5.41) is 4.57. The van der Waals surface area contributed by atoms with Crippen LogP contribution in [0.15, 0.2) is 182 Å². The van der Waals surface area contributed by atoms with Gasteiger partial charge < -0.3 is 9.47 Å². The van der Waals surface area contributed by atoms with Crippen molar-refractivity contribution in [1.82, 2.24) is 4.57 Å². The van der Waals surface area contributed by atoms with Gasteiger partial charge in [-0.15, -0.1) is 11.3 Å². The molecule has 8 aromatic carbocycles. The van der Waals surface area contributed by atoms with E-state index in [-0.39, 0.29) is 11.2 Å². The van der Waals surface area contributed by atoms with Crippen molar-refractivity contribution >= 4 is 70.4 Å². The van der Waals surface area contributed by atoms with Gasteiger partial charge in [0.25, 0.3) is 0 Å². The maximum atomic E-state index is 15.5. The second kappa shape index (κ2) is 13.4. The fraction of sp³-hybridized carbons (Fsp3) is 0.0769. The second-order valence-electron chi connectivity index (χ2n) is 15.5. The lowest BCUT2D eigenvalue weighted by Crippen LogP contribution is -2.13. The summed E-state index contributed by atoms with van der Waals surface area (Å²) in [6.45, 7) is 6.75. The van der Waals surface area contributed by atoms with Crippen LogP contribution >= 0.6 is 11.3 Å². The number of benzene rings is 8. The fourth-order valence-corrected chi connectivity index (χ4v) is 9.43. The Morgan fingerprint density at radius 1 is 0.500 bits per heavy atom. The van der Waals surface area contributed by atoms with E-state index >= 15 is 4.39 Å². The molecule has 10 aromatic rings. The summed E-state index contributed by atoms with van der Waals surface area (Å²) in [6, 6.07) is 63.9. The third-order valence-electron chi connectivity index (χ3n) is 11.0. The number of anilines is 3. The third kappa shape index (κ3) is 5.77. The van der Waals surface area contributed by atoms with Crippen molar-refractivity contribution in [2.45, 2.75) is 26.2 Å². The first-order valence-electron chi connectivity index (χ1n) is 19.1. The summed E-state index contributed by atoms with van der Waals surface area (Å²) in [6.07, 6.45) is 0. The van der Waals surface area contributed by atoms with Crippen LogP contribution in [0.25, 0.3) is 69.9 Å². The highest BCUT2D eigenvalue weighted by atomic mass is 32.1. The number of rotatable bonds is 6. The number of para-hydroxylation sites is 2. The van der Waals surface area contributed by atoms with Gasteiger partial charge in [0.05, 0.1) is 11.0 Å². The standard InChI is InChI=1S/C52H39FN2S/c1-52(2,3)37-25-31-40(32-26-37)54(39-29-23-35(24-30-39)42-15-9-17-46-44-14-5-7-20-49(44)56-51(42)46)38-27-21-34(22-28-38)36-11-8-12-41(33-36)55-48-19-6-4-13-43(48)45-16-10-18-47(53)50(45)55/h4-33H,1-3H3. The molecule has 0 atom stereocenters. The molecular weight excluding hydrogens is 704 g/mol. The van der Waals surface area contributed by atoms with Crippen molar-refractivity contribution in [3.63, 3.8) is 0 Å². The maximum Gasteiger partial charge on any atom is 0.147 e. The van der Waals surface area contributed by atoms with Gasteiger partial charge in [0.1, 0.15) is 5.82 Å². The number of hydrogen-bond donors (Lipinski definition) is 0. The van der Waals surface area contributed by atoms with Gasteiger partial charge in [-0.2, -0.15) is 0 Å². The lowest BCUT2D eigenvalue weighted by atomic mass is 9.87. The largest absolute Gasteiger partial charge is 0.311 e. The van der Waals surface area contributed by atoms with E-state index in [1.165, 1.54) is 36.9 Å². The van der Waals surface area contributed by atoms with Gasteiger partial charge in [-0.25, -0.2) is 4.39 Å². The lowest BCUT2D eigenvalue weighted by Gasteiger charge is -2.27. The highest BCUT2D eigenvalue weighted by Crippen LogP contribution is 2.42. The smallest absolute Gasteiger partial charge is 0.147 e. The molecule has 0 radical (unpaired) electrons. The van der Waals surface area contributed by atoms with Crippen LogP contribution < -0.4 is 4.90 Å². The molecule has 4 heteroatoms. The van der Waals surface area contributed by atoms with Crippen molar-refractivity contribution < 1.29 is 4.39 Å². The van der Waals surface area contributed by atoms with Crippen molar-refractivity contribution in [3.8, 4) is 27.9 Å². The van der Waals surface area contributed by atoms with Crippen LogP contribution in [0.5, 0.6) is 0 Å². The SMILES string of the molecule is CC(C)(C)c1ccc(N(c2ccc(-c3cccc(-n4c5ccccc5c5cccc(F)c54)c3)cc2)c2ccc(-c3cccc4c3sc3ccccc34)cc2)cc1. The zero-order valence-electron chi connectivity index (χ0n) is 31.5. The first-order chi connectivity index (χ1) is 27.3. The molecule has 270 valence electrons. The molecule has 0 saturated heterocycles. The van der Waals surface area contributed by atoms with E-state index in [2.05, 4.69) is 177 Å². The number of nitrogens with zero attached hydrogens (tertiary/aromatic N) is 2. The molecule has 0 N–H and O–H groups in total. The van der Waals surface area contributed by atoms with E-state index in [1.54, 1.807) is 12.1 Å². The average molecular weight is 743 g/mol. The quantitative estimate of drug-likeness (QED) is 0.165. The summed E-state index contributed by atoms with van der Waals surface area (Å²) >= 11 is 1.86. The average Bonchev–Trinajstić information content (AvgIpc) is 3.78. The molecular formula is C52H39FN2S. The van der Waals surface area contributed by atoms with E-state index in [4.69, 9.17) is 0 Å². The van der Waals surface area contributed by atoms with Crippen molar-refractivity contribution in [2.24, 2.45) is 0 Å². The van der Waals surface area contributed by atoms with E-state index in [1.807, 2.05) is 34.1 Å². The second-order valence-corrected chi connectivity index (χ2v) is 16.6. The van der Waals surface area contributed by atoms with Crippen LogP contribution in [0, 0.1) is 5.82 Å². The van der Waals surface area contributed by atoms with E-state index < -0.39 is 0 Å². The molecule has 0 saturated carbocycles. The normalized spacial score (nSPS) is 11.9. The Hall–Kier alpha value is -6.49. The summed E-state index contributed by atoms with van der Waals surface area (Å²) in [4.78, 5) is 2.33. The van der Waals surface area contributed by atoms with Gasteiger partial charge in [0, 0.05) is 53.7 Å². The molecule has 2 aromatic heterocycles. The molecule has 0 bridgehead atoms. The highest BCUT2D eigenvalue weighted by Gasteiger charge is 2.19. The van der Waals surface area contributed by atoms with Gasteiger partial charge in [0.15, 0.2) is 0 Å². The van der Waals surface area contributed by atoms with E-state index in [0.717, 1.165) is 50.2 Å². The summed E-state index contributed by atoms with van der Waals surface area (Å²) in [5.74, 6) is -0.228. The summed E-state index contributed by atoms with van der Waals surface area (Å²) < 4.78 is 20.1. The summed E-state index contributed by atoms with van der Waals surface area (Å²) in [5.41, 5.74) is 11.7. The molecule has 10 rings (SSSR count). The Morgan fingerprint density at radius 3 is 1.82 bits per heavy atom. The molecule has 56 heavy (non-hydrogen) atoms. The van der Waals surface area contributed by atoms with E-state index in [0.29, 0.717) is 5.52 Å². The van der Waals surface area contributed by atoms with Gasteiger partial charge in [-0.05, 0) is 100.0 Å². The van der Waals surface area contributed by atoms with Gasteiger partial charge in [-0.1, -0.05) is 136 Å². The first kappa shape index (κ1) is 34.0.